The van der Waals surface area contributed by atoms with Crippen LogP contribution in [0.4, 0.5) is 10.1 Å². The molecule has 5 nitrogen and oxygen atoms in total. The number of hydrogen-bond donors (Lipinski definition) is 0. The lowest BCUT2D eigenvalue weighted by Crippen LogP contribution is -2.44. The van der Waals surface area contributed by atoms with Gasteiger partial charge in [0.2, 0.25) is 0 Å². The van der Waals surface area contributed by atoms with Crippen molar-refractivity contribution in [3.63, 3.8) is 0 Å². The van der Waals surface area contributed by atoms with E-state index in [0.717, 1.165) is 59.8 Å². The third-order valence-corrected chi connectivity index (χ3v) is 6.25. The van der Waals surface area contributed by atoms with Crippen molar-refractivity contribution >= 4 is 22.9 Å². The summed E-state index contributed by atoms with van der Waals surface area (Å²) in [5.41, 5.74) is 6.62. The van der Waals surface area contributed by atoms with Crippen LogP contribution in [0.1, 0.15) is 5.69 Å². The number of piperazine rings is 1. The van der Waals surface area contributed by atoms with Gasteiger partial charge in [0.15, 0.2) is 5.65 Å². The number of halogens is 2. The molecule has 2 aromatic heterocycles. The molecule has 5 rings (SSSR count). The van der Waals surface area contributed by atoms with E-state index in [1.165, 1.54) is 11.8 Å². The average molecular weight is 436 g/mol. The summed E-state index contributed by atoms with van der Waals surface area (Å²) in [6.45, 7) is 6.20. The zero-order chi connectivity index (χ0) is 21.5. The Morgan fingerprint density at radius 2 is 1.65 bits per heavy atom. The minimum atomic E-state index is -0.432. The normalized spacial score (nSPS) is 15.0. The van der Waals surface area contributed by atoms with Crippen LogP contribution in [0.5, 0.6) is 0 Å². The van der Waals surface area contributed by atoms with Gasteiger partial charge in [0.25, 0.3) is 0 Å². The summed E-state index contributed by atoms with van der Waals surface area (Å²) in [5, 5.41) is 4.61. The molecule has 0 bridgehead atoms. The van der Waals surface area contributed by atoms with E-state index in [1.54, 1.807) is 16.6 Å². The van der Waals surface area contributed by atoms with Gasteiger partial charge in [0.05, 0.1) is 11.2 Å². The molecule has 0 unspecified atom stereocenters. The van der Waals surface area contributed by atoms with Crippen LogP contribution in [0, 0.1) is 12.7 Å². The van der Waals surface area contributed by atoms with Crippen LogP contribution in [0.3, 0.4) is 0 Å². The Kier molecular flexibility index (Phi) is 5.12. The van der Waals surface area contributed by atoms with Gasteiger partial charge in [-0.1, -0.05) is 29.8 Å². The summed E-state index contributed by atoms with van der Waals surface area (Å²) in [6, 6.07) is 13.3. The second kappa shape index (κ2) is 7.94. The van der Waals surface area contributed by atoms with Crippen LogP contribution in [-0.4, -0.2) is 52.7 Å². The van der Waals surface area contributed by atoms with Gasteiger partial charge in [-0.3, -0.25) is 0 Å². The Balaban J connectivity index is 1.47. The summed E-state index contributed by atoms with van der Waals surface area (Å²) in [6.07, 6.45) is 3.76. The van der Waals surface area contributed by atoms with E-state index >= 15 is 0 Å². The minimum Gasteiger partial charge on any atom is -0.369 e. The number of anilines is 1. The van der Waals surface area contributed by atoms with Crippen LogP contribution in [0.2, 0.25) is 5.02 Å². The highest BCUT2D eigenvalue weighted by molar-refractivity contribution is 6.31. The molecule has 0 N–H and O–H groups in total. The molecule has 0 amide bonds. The Labute approximate surface area is 185 Å². The monoisotopic (exact) mass is 435 g/mol. The third kappa shape index (κ3) is 3.77. The van der Waals surface area contributed by atoms with Gasteiger partial charge in [-0.25, -0.2) is 13.9 Å². The second-order valence-corrected chi connectivity index (χ2v) is 8.44. The van der Waals surface area contributed by atoms with Crippen molar-refractivity contribution < 1.29 is 4.39 Å². The van der Waals surface area contributed by atoms with E-state index in [9.17, 15) is 4.39 Å². The van der Waals surface area contributed by atoms with Gasteiger partial charge < -0.3 is 9.80 Å². The van der Waals surface area contributed by atoms with Gasteiger partial charge in [0, 0.05) is 54.9 Å². The fourth-order valence-corrected chi connectivity index (χ4v) is 4.24. The lowest BCUT2D eigenvalue weighted by atomic mass is 10.1. The summed E-state index contributed by atoms with van der Waals surface area (Å²) >= 11 is 5.97. The first-order valence-electron chi connectivity index (χ1n) is 10.3. The molecular formula is C24H23ClFN5. The van der Waals surface area contributed by atoms with E-state index in [2.05, 4.69) is 46.2 Å². The van der Waals surface area contributed by atoms with Crippen molar-refractivity contribution in [2.75, 3.05) is 38.1 Å². The maximum absolute atomic E-state index is 13.6. The van der Waals surface area contributed by atoms with Crippen LogP contribution in [0.25, 0.3) is 27.9 Å². The Hall–Kier alpha value is -2.96. The molecule has 4 aromatic rings. The topological polar surface area (TPSA) is 36.7 Å². The number of nitrogens with zero attached hydrogens (tertiary/aromatic N) is 5. The van der Waals surface area contributed by atoms with Crippen LogP contribution in [-0.2, 0) is 0 Å². The Morgan fingerprint density at radius 1 is 0.935 bits per heavy atom. The van der Waals surface area contributed by atoms with E-state index in [0.29, 0.717) is 0 Å². The number of aryl methyl sites for hydroxylation is 1. The molecule has 0 atom stereocenters. The predicted molar refractivity (Wildman–Crippen MR) is 123 cm³/mol. The van der Waals surface area contributed by atoms with Crippen LogP contribution in [0.15, 0.2) is 54.9 Å². The van der Waals surface area contributed by atoms with Gasteiger partial charge >= 0.3 is 0 Å². The quantitative estimate of drug-likeness (QED) is 0.458. The fourth-order valence-electron chi connectivity index (χ4n) is 4.06. The van der Waals surface area contributed by atoms with Crippen LogP contribution >= 0.6 is 11.6 Å². The first-order valence-corrected chi connectivity index (χ1v) is 10.7. The second-order valence-electron chi connectivity index (χ2n) is 8.03. The van der Waals surface area contributed by atoms with Crippen molar-refractivity contribution in [1.29, 1.82) is 0 Å². The maximum Gasteiger partial charge on any atom is 0.163 e. The van der Waals surface area contributed by atoms with E-state index in [4.69, 9.17) is 16.6 Å². The zero-order valence-corrected chi connectivity index (χ0v) is 18.3. The largest absolute Gasteiger partial charge is 0.369 e. The molecule has 0 radical (unpaired) electrons. The van der Waals surface area contributed by atoms with Gasteiger partial charge in [-0.15, -0.1) is 0 Å². The minimum absolute atomic E-state index is 0.0959. The molecule has 0 aliphatic carbocycles. The molecule has 158 valence electrons. The number of rotatable bonds is 3. The fraction of sp³-hybridized carbons (Fsp3) is 0.250. The number of hydrogen-bond acceptors (Lipinski definition) is 4. The summed E-state index contributed by atoms with van der Waals surface area (Å²) < 4.78 is 15.3. The summed E-state index contributed by atoms with van der Waals surface area (Å²) in [7, 11) is 2.16. The number of likely N-dealkylation sites (N-methyl/N-ethyl adjacent to an activating group) is 1. The molecule has 1 aliphatic heterocycles. The van der Waals surface area contributed by atoms with E-state index < -0.39 is 5.82 Å². The Bertz CT molecular complexity index is 1240. The summed E-state index contributed by atoms with van der Waals surface area (Å²) in [5.74, 6) is -0.432. The standard InChI is InChI=1S/C24H23ClFN5/c1-16-21(18-5-8-23(26)22(25)13-18)15-31-24(28-16)20(14-27-31)17-3-6-19(7-4-17)30-11-9-29(2)10-12-30/h3-8,13-15H,9-12H2,1-2H3. The molecule has 2 aromatic carbocycles. The highest BCUT2D eigenvalue weighted by Crippen LogP contribution is 2.30. The molecule has 0 saturated carbocycles. The highest BCUT2D eigenvalue weighted by atomic mass is 35.5. The van der Waals surface area contributed by atoms with Gasteiger partial charge in [0.1, 0.15) is 5.82 Å². The van der Waals surface area contributed by atoms with Crippen molar-refractivity contribution in [3.8, 4) is 22.3 Å². The molecule has 31 heavy (non-hydrogen) atoms. The number of fused-ring (bicyclic) bond motifs is 1. The maximum atomic E-state index is 13.6. The van der Waals surface area contributed by atoms with Crippen molar-refractivity contribution in [2.24, 2.45) is 0 Å². The number of benzene rings is 2. The highest BCUT2D eigenvalue weighted by Gasteiger charge is 2.16. The third-order valence-electron chi connectivity index (χ3n) is 5.96. The zero-order valence-electron chi connectivity index (χ0n) is 17.5. The lowest BCUT2D eigenvalue weighted by Gasteiger charge is -2.34. The van der Waals surface area contributed by atoms with Gasteiger partial charge in [-0.2, -0.15) is 5.10 Å². The smallest absolute Gasteiger partial charge is 0.163 e. The van der Waals surface area contributed by atoms with Crippen LogP contribution < -0.4 is 4.90 Å². The lowest BCUT2D eigenvalue weighted by molar-refractivity contribution is 0.313. The van der Waals surface area contributed by atoms with E-state index in [1.807, 2.05) is 19.3 Å². The van der Waals surface area contributed by atoms with Crippen molar-refractivity contribution in [1.82, 2.24) is 19.5 Å². The first-order chi connectivity index (χ1) is 15.0. The summed E-state index contributed by atoms with van der Waals surface area (Å²) in [4.78, 5) is 9.58. The first kappa shape index (κ1) is 20.0. The average Bonchev–Trinajstić information content (AvgIpc) is 3.18. The molecular weight excluding hydrogens is 413 g/mol. The molecule has 1 aliphatic rings. The SMILES string of the molecule is Cc1nc2c(-c3ccc(N4CCN(C)CC4)cc3)cnn2cc1-c1ccc(F)c(Cl)c1. The van der Waals surface area contributed by atoms with Crippen molar-refractivity contribution in [3.05, 3.63) is 71.4 Å². The molecule has 3 heterocycles. The molecule has 1 fully saturated rings. The molecule has 1 saturated heterocycles. The predicted octanol–water partition coefficient (Wildman–Crippen LogP) is 4.92. The van der Waals surface area contributed by atoms with E-state index in [-0.39, 0.29) is 5.02 Å². The molecule has 0 spiro atoms. The van der Waals surface area contributed by atoms with Crippen molar-refractivity contribution in [2.45, 2.75) is 6.92 Å². The Morgan fingerprint density at radius 3 is 2.35 bits per heavy atom. The van der Waals surface area contributed by atoms with Gasteiger partial charge in [-0.05, 0) is 49.4 Å². The molecule has 7 heteroatoms. The number of aromatic nitrogens is 3.